The van der Waals surface area contributed by atoms with Crippen molar-refractivity contribution in [3.63, 3.8) is 0 Å². The van der Waals surface area contributed by atoms with Gasteiger partial charge in [0.1, 0.15) is 73.2 Å². The highest BCUT2D eigenvalue weighted by Crippen LogP contribution is 2.40. The van der Waals surface area contributed by atoms with E-state index >= 15 is 0 Å². The van der Waals surface area contributed by atoms with Gasteiger partial charge in [-0.15, -0.1) is 0 Å². The summed E-state index contributed by atoms with van der Waals surface area (Å²) in [6, 6.07) is 8.83. The Morgan fingerprint density at radius 1 is 0.520 bits per heavy atom. The zero-order valence-electron chi connectivity index (χ0n) is 58.7. The van der Waals surface area contributed by atoms with Gasteiger partial charge in [0.05, 0.1) is 43.0 Å². The number of aliphatic hydroxyl groups excluding tert-OH is 8. The van der Waals surface area contributed by atoms with Crippen molar-refractivity contribution in [1.29, 1.82) is 0 Å². The van der Waals surface area contributed by atoms with E-state index in [1.807, 2.05) is 0 Å². The quantitative estimate of drug-likeness (QED) is 0.0190. The molecule has 0 radical (unpaired) electrons. The van der Waals surface area contributed by atoms with E-state index in [1.165, 1.54) is 33.8 Å². The molecule has 6 aliphatic heterocycles. The van der Waals surface area contributed by atoms with E-state index in [0.717, 1.165) is 102 Å². The van der Waals surface area contributed by atoms with Gasteiger partial charge in [0, 0.05) is 18.9 Å². The van der Waals surface area contributed by atoms with E-state index in [1.54, 1.807) is 44.2 Å². The molecule has 1 aromatic carbocycles. The Morgan fingerprint density at radius 2 is 1.10 bits per heavy atom. The smallest absolute Gasteiger partial charge is 0.331 e. The van der Waals surface area contributed by atoms with Gasteiger partial charge in [-0.25, -0.2) is 4.79 Å². The van der Waals surface area contributed by atoms with Crippen LogP contribution in [0.4, 0.5) is 0 Å². The minimum Gasteiger partial charge on any atom is -0.456 e. The molecule has 8 N–H and O–H groups in total. The van der Waals surface area contributed by atoms with Crippen LogP contribution < -0.4 is 0 Å². The summed E-state index contributed by atoms with van der Waals surface area (Å²) in [6.45, 7) is 13.0. The first-order valence-electron chi connectivity index (χ1n) is 36.5. The summed E-state index contributed by atoms with van der Waals surface area (Å²) in [6.07, 6.45) is -19.9. The maximum absolute atomic E-state index is 14.6. The summed E-state index contributed by atoms with van der Waals surface area (Å²) in [5, 5.41) is 92.5. The Hall–Kier alpha value is -3.88. The first-order valence-corrected chi connectivity index (χ1v) is 36.5. The molecule has 27 atom stereocenters. The fourth-order valence-corrected chi connectivity index (χ4v) is 13.4. The standard InChI is InChI=1S/C72H116O26/c1-9-12-14-15-16-17-20-23-31-37-50(75)93-66-65(98-68-56(81)54(79)52(77)42(5)85-68)61(96-69-63(92-51(76)39-38-46-32-27-25-28-33-46)57(82)59(43(6)86-69)94-67(84)41(4)11-3)45(8)88-72(66)95-60-44(7)87-70-64(58(60)83)91-49(74)36-30-24-21-18-19-22-29-35-47(34-26-13-10-2)89-71-62(97-70)55(80)53(78)48(40-73)90-71/h25,27-28,32-33,38-39,41-45,47-48,52-66,68-73,77-83H,9-24,26,29-31,34-37,40H2,1-8H3/b39-38+/t41?,42-,43-,44-,45-,47?,48+,52-,53+,54+,55-,56+,57+,58+,59-,60-,61-,62+,63+,64+,65+,66+,68-,69-,70-,71+,72-/m0/s1. The lowest BCUT2D eigenvalue weighted by molar-refractivity contribution is -0.400. The highest BCUT2D eigenvalue weighted by molar-refractivity contribution is 5.87. The van der Waals surface area contributed by atoms with Crippen LogP contribution in [-0.4, -0.2) is 231 Å². The minimum absolute atomic E-state index is 0.0663. The summed E-state index contributed by atoms with van der Waals surface area (Å²) in [4.78, 5) is 55.9. The third-order valence-corrected chi connectivity index (χ3v) is 19.6. The maximum Gasteiger partial charge on any atom is 0.331 e. The molecule has 26 heteroatoms. The molecular formula is C72H116O26. The largest absolute Gasteiger partial charge is 0.456 e. The molecule has 0 bridgehead atoms. The molecule has 560 valence electrons. The van der Waals surface area contributed by atoms with Crippen LogP contribution in [0.25, 0.3) is 6.08 Å². The molecule has 98 heavy (non-hydrogen) atoms. The molecule has 6 saturated heterocycles. The summed E-state index contributed by atoms with van der Waals surface area (Å²) in [5.41, 5.74) is 0.639. The zero-order chi connectivity index (χ0) is 71.0. The van der Waals surface area contributed by atoms with Crippen LogP contribution in [0.5, 0.6) is 0 Å². The molecule has 26 nitrogen and oxygen atoms in total. The molecule has 6 aliphatic rings. The van der Waals surface area contributed by atoms with Gasteiger partial charge in [-0.05, 0) is 71.4 Å². The van der Waals surface area contributed by atoms with Gasteiger partial charge in [0.2, 0.25) is 0 Å². The number of rotatable bonds is 28. The number of benzene rings is 1. The molecule has 0 aliphatic carbocycles. The Balaban J connectivity index is 1.26. The second-order valence-corrected chi connectivity index (χ2v) is 27.5. The van der Waals surface area contributed by atoms with Crippen LogP contribution in [0.2, 0.25) is 0 Å². The van der Waals surface area contributed by atoms with Gasteiger partial charge in [-0.1, -0.05) is 167 Å². The van der Waals surface area contributed by atoms with Crippen molar-refractivity contribution in [2.24, 2.45) is 5.92 Å². The van der Waals surface area contributed by atoms with Crippen LogP contribution in [0.1, 0.15) is 215 Å². The number of hydrogen-bond acceptors (Lipinski definition) is 26. The average molecular weight is 1400 g/mol. The number of hydrogen-bond donors (Lipinski definition) is 8. The fraction of sp³-hybridized carbons (Fsp3) is 0.833. The van der Waals surface area contributed by atoms with Crippen LogP contribution in [-0.2, 0) is 85.5 Å². The molecule has 6 fully saturated rings. The van der Waals surface area contributed by atoms with Crippen molar-refractivity contribution in [3.8, 4) is 0 Å². The SMILES string of the molecule is CCCCCCCCCCCC(=O)O[C@H]1[C@H](O[C@@H]2[C@@H](O)[C@H]3OC(=O)CCCCCCCCCC(CCCCC)O[C@@H]4O[C@H](CO)[C@@H](O)[C@H](O)[C@H]4O[C@@H]3O[C@H]2C)O[C@@H](C)[C@H](O[C@@H]2O[C@@H](C)[C@H](OC(=O)C(C)CC)[C@@H](O)[C@H]2OC(=O)/C=C/c2ccccc2)[C@H]1O[C@@H]1O[C@@H](C)[C@H](O)[C@@H](O)[C@H]1O. The minimum atomic E-state index is -1.96. The van der Waals surface area contributed by atoms with E-state index in [-0.39, 0.29) is 18.9 Å². The summed E-state index contributed by atoms with van der Waals surface area (Å²) < 4.78 is 89.7. The molecule has 0 amide bonds. The van der Waals surface area contributed by atoms with Crippen LogP contribution >= 0.6 is 0 Å². The number of carbonyl (C=O) groups excluding carboxylic acids is 4. The lowest BCUT2D eigenvalue weighted by Gasteiger charge is -2.51. The Bertz CT molecular complexity index is 2510. The second kappa shape index (κ2) is 41.4. The number of fused-ring (bicyclic) bond motifs is 2. The third-order valence-electron chi connectivity index (χ3n) is 19.6. The predicted molar refractivity (Wildman–Crippen MR) is 351 cm³/mol. The van der Waals surface area contributed by atoms with Gasteiger partial charge in [0.15, 0.2) is 55.9 Å². The van der Waals surface area contributed by atoms with Gasteiger partial charge >= 0.3 is 23.9 Å². The van der Waals surface area contributed by atoms with Gasteiger partial charge < -0.3 is 107 Å². The molecule has 0 saturated carbocycles. The lowest BCUT2D eigenvalue weighted by atomic mass is 9.95. The van der Waals surface area contributed by atoms with Crippen molar-refractivity contribution in [2.75, 3.05) is 6.61 Å². The van der Waals surface area contributed by atoms with E-state index in [4.69, 9.17) is 66.3 Å². The zero-order valence-corrected chi connectivity index (χ0v) is 58.7. The van der Waals surface area contributed by atoms with Gasteiger partial charge in [-0.2, -0.15) is 0 Å². The first-order chi connectivity index (χ1) is 47.1. The summed E-state index contributed by atoms with van der Waals surface area (Å²) >= 11 is 0. The first kappa shape index (κ1) is 81.4. The summed E-state index contributed by atoms with van der Waals surface area (Å²) in [7, 11) is 0. The van der Waals surface area contributed by atoms with Crippen molar-refractivity contribution in [3.05, 3.63) is 42.0 Å². The van der Waals surface area contributed by atoms with E-state index in [9.17, 15) is 60.0 Å². The molecule has 7 rings (SSSR count). The number of esters is 4. The normalized spacial score (nSPS) is 38.3. The number of carbonyl (C=O) groups is 4. The highest BCUT2D eigenvalue weighted by atomic mass is 16.8. The van der Waals surface area contributed by atoms with Crippen LogP contribution in [0.15, 0.2) is 36.4 Å². The molecule has 0 spiro atoms. The van der Waals surface area contributed by atoms with E-state index < -0.39 is 190 Å². The van der Waals surface area contributed by atoms with Crippen molar-refractivity contribution < 1.29 is 126 Å². The lowest BCUT2D eigenvalue weighted by Crippen LogP contribution is -2.68. The Kier molecular flexibility index (Phi) is 34.4. The van der Waals surface area contributed by atoms with Crippen LogP contribution in [0, 0.1) is 5.92 Å². The van der Waals surface area contributed by atoms with E-state index in [2.05, 4.69) is 13.8 Å². The Morgan fingerprint density at radius 3 is 1.78 bits per heavy atom. The average Bonchev–Trinajstić information content (AvgIpc) is 0.767. The topological polar surface area (TPSA) is 359 Å². The van der Waals surface area contributed by atoms with Gasteiger partial charge in [-0.3, -0.25) is 14.4 Å². The molecule has 1 aromatic rings. The number of ether oxygens (including phenoxy) is 14. The second-order valence-electron chi connectivity index (χ2n) is 27.5. The highest BCUT2D eigenvalue weighted by Gasteiger charge is 2.59. The predicted octanol–water partition coefficient (Wildman–Crippen LogP) is 6.57. The van der Waals surface area contributed by atoms with Gasteiger partial charge in [0.25, 0.3) is 0 Å². The molecule has 2 unspecified atom stereocenters. The number of unbranched alkanes of at least 4 members (excludes halogenated alkanes) is 10. The number of aliphatic hydroxyl groups is 8. The maximum atomic E-state index is 14.6. The fourth-order valence-electron chi connectivity index (χ4n) is 13.4. The van der Waals surface area contributed by atoms with Crippen LogP contribution in [0.3, 0.4) is 0 Å². The Labute approximate surface area is 577 Å². The van der Waals surface area contributed by atoms with Crippen molar-refractivity contribution in [1.82, 2.24) is 0 Å². The monoisotopic (exact) mass is 1400 g/mol. The third kappa shape index (κ3) is 23.3. The van der Waals surface area contributed by atoms with Crippen molar-refractivity contribution in [2.45, 2.75) is 369 Å². The van der Waals surface area contributed by atoms with E-state index in [0.29, 0.717) is 50.5 Å². The summed E-state index contributed by atoms with van der Waals surface area (Å²) in [5.74, 6) is -3.73. The van der Waals surface area contributed by atoms with Crippen molar-refractivity contribution >= 4 is 30.0 Å². The molecular weight excluding hydrogens is 1280 g/mol. The molecule has 0 aromatic heterocycles. The molecule has 6 heterocycles.